The second kappa shape index (κ2) is 5.63. The Morgan fingerprint density at radius 3 is 3.25 bits per heavy atom. The van der Waals surface area contributed by atoms with Crippen LogP contribution in [-0.2, 0) is 4.74 Å². The van der Waals surface area contributed by atoms with Crippen LogP contribution < -0.4 is 0 Å². The Kier molecular flexibility index (Phi) is 3.69. The number of hydrogen-bond donors (Lipinski definition) is 1. The molecule has 1 unspecified atom stereocenters. The molecule has 20 heavy (non-hydrogen) atoms. The Hall–Kier alpha value is -1.88. The molecule has 0 radical (unpaired) electrons. The first-order chi connectivity index (χ1) is 9.74. The van der Waals surface area contributed by atoms with Crippen LogP contribution in [0.25, 0.3) is 11.0 Å². The van der Waals surface area contributed by atoms with Gasteiger partial charge in [-0.3, -0.25) is 4.79 Å². The van der Waals surface area contributed by atoms with Crippen LogP contribution in [0.1, 0.15) is 23.2 Å². The lowest BCUT2D eigenvalue weighted by atomic mass is 10.0. The molecule has 1 fully saturated rings. The van der Waals surface area contributed by atoms with Crippen molar-refractivity contribution >= 4 is 16.9 Å². The molecule has 1 aromatic carbocycles. The normalized spacial score (nSPS) is 19.1. The van der Waals surface area contributed by atoms with Gasteiger partial charge in [-0.05, 0) is 37.0 Å². The van der Waals surface area contributed by atoms with Crippen LogP contribution >= 0.6 is 0 Å². The molecule has 1 aliphatic heterocycles. The monoisotopic (exact) mass is 273 g/mol. The largest absolute Gasteiger partial charge is 0.381 e. The molecule has 0 aliphatic carbocycles. The van der Waals surface area contributed by atoms with Crippen molar-refractivity contribution in [3.63, 3.8) is 0 Å². The van der Waals surface area contributed by atoms with E-state index in [0.29, 0.717) is 11.5 Å². The van der Waals surface area contributed by atoms with E-state index < -0.39 is 0 Å². The van der Waals surface area contributed by atoms with E-state index in [2.05, 4.69) is 9.97 Å². The SMILES string of the molecule is CN(CC1CCCOC1)C(=O)c1ccc2nc[nH]c2c1. The van der Waals surface area contributed by atoms with Crippen molar-refractivity contribution in [2.75, 3.05) is 26.8 Å². The van der Waals surface area contributed by atoms with Crippen molar-refractivity contribution in [2.45, 2.75) is 12.8 Å². The Morgan fingerprint density at radius 2 is 2.45 bits per heavy atom. The molecule has 0 bridgehead atoms. The van der Waals surface area contributed by atoms with E-state index in [0.717, 1.165) is 43.6 Å². The minimum atomic E-state index is 0.0482. The van der Waals surface area contributed by atoms with E-state index >= 15 is 0 Å². The summed E-state index contributed by atoms with van der Waals surface area (Å²) in [5.74, 6) is 0.501. The summed E-state index contributed by atoms with van der Waals surface area (Å²) >= 11 is 0. The molecule has 3 rings (SSSR count). The van der Waals surface area contributed by atoms with Gasteiger partial charge in [-0.25, -0.2) is 4.98 Å². The fourth-order valence-corrected chi connectivity index (χ4v) is 2.71. The van der Waals surface area contributed by atoms with Gasteiger partial charge in [-0.15, -0.1) is 0 Å². The third kappa shape index (κ3) is 2.67. The number of amides is 1. The minimum Gasteiger partial charge on any atom is -0.381 e. The number of fused-ring (bicyclic) bond motifs is 1. The highest BCUT2D eigenvalue weighted by molar-refractivity contribution is 5.97. The molecule has 1 aliphatic rings. The van der Waals surface area contributed by atoms with Crippen LogP contribution in [0.4, 0.5) is 0 Å². The van der Waals surface area contributed by atoms with Crippen molar-refractivity contribution in [3.05, 3.63) is 30.1 Å². The highest BCUT2D eigenvalue weighted by atomic mass is 16.5. The number of carbonyl (C=O) groups excluding carboxylic acids is 1. The molecule has 5 heteroatoms. The van der Waals surface area contributed by atoms with Gasteiger partial charge in [0.15, 0.2) is 0 Å². The van der Waals surface area contributed by atoms with E-state index in [1.54, 1.807) is 11.2 Å². The van der Waals surface area contributed by atoms with Gasteiger partial charge in [0.1, 0.15) is 0 Å². The summed E-state index contributed by atoms with van der Waals surface area (Å²) in [6.07, 6.45) is 3.87. The highest BCUT2D eigenvalue weighted by Gasteiger charge is 2.19. The fourth-order valence-electron chi connectivity index (χ4n) is 2.71. The summed E-state index contributed by atoms with van der Waals surface area (Å²) in [7, 11) is 1.86. The molecule has 1 saturated heterocycles. The summed E-state index contributed by atoms with van der Waals surface area (Å²) in [5, 5.41) is 0. The number of carbonyl (C=O) groups is 1. The lowest BCUT2D eigenvalue weighted by Crippen LogP contribution is -2.35. The van der Waals surface area contributed by atoms with Gasteiger partial charge in [0.25, 0.3) is 5.91 Å². The van der Waals surface area contributed by atoms with E-state index in [1.807, 2.05) is 25.2 Å². The second-order valence-electron chi connectivity index (χ2n) is 5.40. The Labute approximate surface area is 117 Å². The van der Waals surface area contributed by atoms with Gasteiger partial charge in [0.05, 0.1) is 24.0 Å². The Morgan fingerprint density at radius 1 is 1.55 bits per heavy atom. The Bertz CT molecular complexity index is 602. The van der Waals surface area contributed by atoms with Gasteiger partial charge in [-0.2, -0.15) is 0 Å². The first-order valence-corrected chi connectivity index (χ1v) is 7.00. The summed E-state index contributed by atoms with van der Waals surface area (Å²) in [5.41, 5.74) is 2.47. The third-order valence-electron chi connectivity index (χ3n) is 3.80. The van der Waals surface area contributed by atoms with Crippen molar-refractivity contribution in [2.24, 2.45) is 5.92 Å². The molecule has 2 heterocycles. The van der Waals surface area contributed by atoms with Crippen LogP contribution in [-0.4, -0.2) is 47.6 Å². The molecule has 1 amide bonds. The molecule has 0 spiro atoms. The summed E-state index contributed by atoms with van der Waals surface area (Å²) in [6, 6.07) is 5.56. The van der Waals surface area contributed by atoms with Crippen LogP contribution in [0.15, 0.2) is 24.5 Å². The predicted molar refractivity (Wildman–Crippen MR) is 76.6 cm³/mol. The summed E-state index contributed by atoms with van der Waals surface area (Å²) < 4.78 is 5.46. The molecule has 2 aromatic rings. The quantitative estimate of drug-likeness (QED) is 0.931. The lowest BCUT2D eigenvalue weighted by molar-refractivity contribution is 0.0388. The molecule has 5 nitrogen and oxygen atoms in total. The maximum atomic E-state index is 12.4. The minimum absolute atomic E-state index is 0.0482. The average Bonchev–Trinajstić information content (AvgIpc) is 2.94. The number of rotatable bonds is 3. The van der Waals surface area contributed by atoms with Gasteiger partial charge in [-0.1, -0.05) is 0 Å². The number of nitrogens with zero attached hydrogens (tertiary/aromatic N) is 2. The Balaban J connectivity index is 1.70. The van der Waals surface area contributed by atoms with Gasteiger partial charge < -0.3 is 14.6 Å². The second-order valence-corrected chi connectivity index (χ2v) is 5.40. The van der Waals surface area contributed by atoms with Crippen LogP contribution in [0.5, 0.6) is 0 Å². The van der Waals surface area contributed by atoms with Crippen molar-refractivity contribution < 1.29 is 9.53 Å². The topological polar surface area (TPSA) is 58.2 Å². The van der Waals surface area contributed by atoms with E-state index in [1.165, 1.54) is 0 Å². The maximum absolute atomic E-state index is 12.4. The molecule has 1 aromatic heterocycles. The van der Waals surface area contributed by atoms with Crippen LogP contribution in [0.2, 0.25) is 0 Å². The molecule has 106 valence electrons. The van der Waals surface area contributed by atoms with Gasteiger partial charge in [0, 0.05) is 25.8 Å². The number of ether oxygens (including phenoxy) is 1. The van der Waals surface area contributed by atoms with Crippen molar-refractivity contribution in [1.82, 2.24) is 14.9 Å². The first-order valence-electron chi connectivity index (χ1n) is 7.00. The zero-order chi connectivity index (χ0) is 13.9. The average molecular weight is 273 g/mol. The highest BCUT2D eigenvalue weighted by Crippen LogP contribution is 2.17. The number of H-pyrrole nitrogens is 1. The molecule has 0 saturated carbocycles. The standard InChI is InChI=1S/C15H19N3O2/c1-18(8-11-3-2-6-20-9-11)15(19)12-4-5-13-14(7-12)17-10-16-13/h4-5,7,10-11H,2-3,6,8-9H2,1H3,(H,16,17). The zero-order valence-corrected chi connectivity index (χ0v) is 11.6. The van der Waals surface area contributed by atoms with Crippen molar-refractivity contribution in [1.29, 1.82) is 0 Å². The number of imidazole rings is 1. The predicted octanol–water partition coefficient (Wildman–Crippen LogP) is 2.06. The summed E-state index contributed by atoms with van der Waals surface area (Å²) in [4.78, 5) is 21.4. The molecule has 1 atom stereocenters. The first kappa shape index (κ1) is 13.1. The maximum Gasteiger partial charge on any atom is 0.253 e. The molecular formula is C15H19N3O2. The van der Waals surface area contributed by atoms with Crippen molar-refractivity contribution in [3.8, 4) is 0 Å². The molecule has 1 N–H and O–H groups in total. The fraction of sp³-hybridized carbons (Fsp3) is 0.467. The number of aromatic nitrogens is 2. The van der Waals surface area contributed by atoms with E-state index in [4.69, 9.17) is 4.74 Å². The van der Waals surface area contributed by atoms with E-state index in [9.17, 15) is 4.79 Å². The van der Waals surface area contributed by atoms with Gasteiger partial charge >= 0.3 is 0 Å². The smallest absolute Gasteiger partial charge is 0.253 e. The van der Waals surface area contributed by atoms with E-state index in [-0.39, 0.29) is 5.91 Å². The number of hydrogen-bond acceptors (Lipinski definition) is 3. The van der Waals surface area contributed by atoms with Crippen LogP contribution in [0, 0.1) is 5.92 Å². The summed E-state index contributed by atoms with van der Waals surface area (Å²) in [6.45, 7) is 2.36. The number of aromatic amines is 1. The third-order valence-corrected chi connectivity index (χ3v) is 3.80. The molecular weight excluding hydrogens is 254 g/mol. The zero-order valence-electron chi connectivity index (χ0n) is 11.6. The number of nitrogens with one attached hydrogen (secondary N) is 1. The van der Waals surface area contributed by atoms with Crippen LogP contribution in [0.3, 0.4) is 0 Å². The van der Waals surface area contributed by atoms with Gasteiger partial charge in [0.2, 0.25) is 0 Å². The lowest BCUT2D eigenvalue weighted by Gasteiger charge is -2.27. The number of benzene rings is 1.